The van der Waals surface area contributed by atoms with Crippen molar-refractivity contribution in [2.45, 2.75) is 30.2 Å². The Balaban J connectivity index is 1.98. The number of para-hydroxylation sites is 1. The lowest BCUT2D eigenvalue weighted by Gasteiger charge is -2.25. The second-order valence-corrected chi connectivity index (χ2v) is 7.78. The highest BCUT2D eigenvalue weighted by Crippen LogP contribution is 2.42. The molecule has 1 heterocycles. The van der Waals surface area contributed by atoms with Gasteiger partial charge in [-0.3, -0.25) is 4.84 Å². The van der Waals surface area contributed by atoms with E-state index in [2.05, 4.69) is 4.72 Å². The van der Waals surface area contributed by atoms with Gasteiger partial charge in [-0.25, -0.2) is 13.1 Å². The number of hydrogen-bond acceptors (Lipinski definition) is 6. The molecular weight excluding hydrogens is 320 g/mol. The topological polar surface area (TPSA) is 77.1 Å². The molecule has 3 rings (SSSR count). The monoisotopic (exact) mass is 342 g/mol. The minimum atomic E-state index is -3.48. The fourth-order valence-electron chi connectivity index (χ4n) is 2.92. The summed E-state index contributed by atoms with van der Waals surface area (Å²) in [5.41, 5.74) is 0.734. The molecule has 1 aromatic rings. The molecule has 1 N–H and O–H groups in total. The Morgan fingerprint density at radius 1 is 1.26 bits per heavy atom. The van der Waals surface area contributed by atoms with E-state index in [4.69, 9.17) is 14.3 Å². The zero-order chi connectivity index (χ0) is 16.6. The van der Waals surface area contributed by atoms with E-state index in [-0.39, 0.29) is 12.6 Å². The Morgan fingerprint density at radius 2 is 2.00 bits per heavy atom. The number of hydrogen-bond donors (Lipinski definition) is 1. The first-order valence-corrected chi connectivity index (χ1v) is 9.10. The molecule has 8 heteroatoms. The van der Waals surface area contributed by atoms with Crippen molar-refractivity contribution in [3.05, 3.63) is 23.8 Å². The SMILES string of the molecule is COc1cccc([C@H]2[C@H](S(=O)(=O)NC3CC3)CON2C)c1OC. The number of benzene rings is 1. The molecule has 1 aliphatic carbocycles. The average Bonchev–Trinajstić information content (AvgIpc) is 3.24. The molecule has 1 aromatic carbocycles. The van der Waals surface area contributed by atoms with Crippen molar-refractivity contribution in [3.8, 4) is 11.5 Å². The van der Waals surface area contributed by atoms with Crippen LogP contribution in [0.4, 0.5) is 0 Å². The molecule has 1 aliphatic heterocycles. The van der Waals surface area contributed by atoms with Crippen LogP contribution in [-0.4, -0.2) is 52.6 Å². The van der Waals surface area contributed by atoms with Gasteiger partial charge in [-0.1, -0.05) is 12.1 Å². The maximum absolute atomic E-state index is 12.7. The molecule has 0 radical (unpaired) electrons. The molecule has 1 saturated carbocycles. The van der Waals surface area contributed by atoms with Crippen LogP contribution in [0.25, 0.3) is 0 Å². The minimum Gasteiger partial charge on any atom is -0.493 e. The van der Waals surface area contributed by atoms with Gasteiger partial charge >= 0.3 is 0 Å². The predicted molar refractivity (Wildman–Crippen MR) is 84.9 cm³/mol. The van der Waals surface area contributed by atoms with Crippen LogP contribution in [0.15, 0.2) is 18.2 Å². The number of rotatable bonds is 6. The summed E-state index contributed by atoms with van der Waals surface area (Å²) >= 11 is 0. The molecule has 7 nitrogen and oxygen atoms in total. The van der Waals surface area contributed by atoms with E-state index in [0.29, 0.717) is 11.5 Å². The Bertz CT molecular complexity index is 674. The molecule has 2 atom stereocenters. The summed E-state index contributed by atoms with van der Waals surface area (Å²) in [7, 11) is 1.35. The zero-order valence-electron chi connectivity index (χ0n) is 13.5. The minimum absolute atomic E-state index is 0.0683. The number of hydroxylamine groups is 2. The van der Waals surface area contributed by atoms with Gasteiger partial charge < -0.3 is 9.47 Å². The van der Waals surface area contributed by atoms with E-state index in [1.54, 1.807) is 32.4 Å². The lowest BCUT2D eigenvalue weighted by Crippen LogP contribution is -2.40. The lowest BCUT2D eigenvalue weighted by atomic mass is 10.0. The zero-order valence-corrected chi connectivity index (χ0v) is 14.3. The van der Waals surface area contributed by atoms with Crippen molar-refractivity contribution >= 4 is 10.0 Å². The molecule has 23 heavy (non-hydrogen) atoms. The van der Waals surface area contributed by atoms with Gasteiger partial charge in [0, 0.05) is 18.7 Å². The Labute approximate surface area is 136 Å². The summed E-state index contributed by atoms with van der Waals surface area (Å²) in [6.07, 6.45) is 1.80. The summed E-state index contributed by atoms with van der Waals surface area (Å²) in [5, 5.41) is 0.878. The standard InChI is InChI=1S/C15H22N2O5S/c1-17-14(11-5-4-6-12(20-2)15(11)21-3)13(9-22-17)23(18,19)16-10-7-8-10/h4-6,10,13-14,16H,7-9H2,1-3H3/t13-,14+/m1/s1. The lowest BCUT2D eigenvalue weighted by molar-refractivity contribution is -0.110. The van der Waals surface area contributed by atoms with E-state index < -0.39 is 21.3 Å². The van der Waals surface area contributed by atoms with Crippen molar-refractivity contribution < 1.29 is 22.7 Å². The van der Waals surface area contributed by atoms with Crippen LogP contribution in [0, 0.1) is 0 Å². The van der Waals surface area contributed by atoms with Gasteiger partial charge in [-0.15, -0.1) is 0 Å². The number of ether oxygens (including phenoxy) is 2. The molecular formula is C15H22N2O5S. The highest BCUT2D eigenvalue weighted by atomic mass is 32.2. The number of nitrogens with zero attached hydrogens (tertiary/aromatic N) is 1. The third-order valence-corrected chi connectivity index (χ3v) is 6.10. The maximum Gasteiger partial charge on any atom is 0.219 e. The highest BCUT2D eigenvalue weighted by molar-refractivity contribution is 7.90. The number of nitrogens with one attached hydrogen (secondary N) is 1. The van der Waals surface area contributed by atoms with E-state index in [1.165, 1.54) is 0 Å². The largest absolute Gasteiger partial charge is 0.493 e. The molecule has 2 aliphatic rings. The van der Waals surface area contributed by atoms with E-state index in [9.17, 15) is 8.42 Å². The third-order valence-electron chi connectivity index (χ3n) is 4.25. The summed E-state index contributed by atoms with van der Waals surface area (Å²) in [6, 6.07) is 5.05. The van der Waals surface area contributed by atoms with Gasteiger partial charge in [-0.05, 0) is 18.9 Å². The van der Waals surface area contributed by atoms with Crippen molar-refractivity contribution in [1.29, 1.82) is 0 Å². The first-order chi connectivity index (χ1) is 11.0. The molecule has 0 spiro atoms. The second-order valence-electron chi connectivity index (χ2n) is 5.85. The third kappa shape index (κ3) is 3.16. The predicted octanol–water partition coefficient (Wildman–Crippen LogP) is 1.07. The van der Waals surface area contributed by atoms with Crippen LogP contribution in [0.1, 0.15) is 24.4 Å². The molecule has 0 bridgehead atoms. The molecule has 1 saturated heterocycles. The van der Waals surface area contributed by atoms with Gasteiger partial charge in [0.15, 0.2) is 11.5 Å². The van der Waals surface area contributed by atoms with Crippen molar-refractivity contribution in [2.75, 3.05) is 27.9 Å². The summed E-state index contributed by atoms with van der Waals surface area (Å²) in [4.78, 5) is 5.51. The van der Waals surface area contributed by atoms with Crippen LogP contribution < -0.4 is 14.2 Å². The summed E-state index contributed by atoms with van der Waals surface area (Å²) in [5.74, 6) is 1.10. The van der Waals surface area contributed by atoms with Gasteiger partial charge in [0.05, 0.1) is 26.9 Å². The fourth-order valence-corrected chi connectivity index (χ4v) is 4.69. The fraction of sp³-hybridized carbons (Fsp3) is 0.600. The average molecular weight is 342 g/mol. The van der Waals surface area contributed by atoms with Gasteiger partial charge in [-0.2, -0.15) is 5.06 Å². The van der Waals surface area contributed by atoms with Gasteiger partial charge in [0.25, 0.3) is 0 Å². The van der Waals surface area contributed by atoms with Crippen molar-refractivity contribution in [2.24, 2.45) is 0 Å². The molecule has 0 amide bonds. The van der Waals surface area contributed by atoms with E-state index in [0.717, 1.165) is 18.4 Å². The molecule has 0 unspecified atom stereocenters. The Hall–Kier alpha value is -1.35. The van der Waals surface area contributed by atoms with Gasteiger partial charge in [0.2, 0.25) is 10.0 Å². The molecule has 2 fully saturated rings. The Kier molecular flexibility index (Phi) is 4.50. The van der Waals surface area contributed by atoms with Crippen LogP contribution in [0.3, 0.4) is 0 Å². The summed E-state index contributed by atoms with van der Waals surface area (Å²) in [6.45, 7) is 0.115. The van der Waals surface area contributed by atoms with Crippen molar-refractivity contribution in [3.63, 3.8) is 0 Å². The van der Waals surface area contributed by atoms with Crippen LogP contribution >= 0.6 is 0 Å². The number of methoxy groups -OCH3 is 2. The van der Waals surface area contributed by atoms with E-state index in [1.807, 2.05) is 12.1 Å². The van der Waals surface area contributed by atoms with Crippen LogP contribution in [0.5, 0.6) is 11.5 Å². The van der Waals surface area contributed by atoms with Gasteiger partial charge in [0.1, 0.15) is 5.25 Å². The first-order valence-electron chi connectivity index (χ1n) is 7.55. The second kappa shape index (κ2) is 6.27. The summed E-state index contributed by atoms with van der Waals surface area (Å²) < 4.78 is 38.9. The van der Waals surface area contributed by atoms with E-state index >= 15 is 0 Å². The van der Waals surface area contributed by atoms with Crippen LogP contribution in [-0.2, 0) is 14.9 Å². The van der Waals surface area contributed by atoms with Crippen LogP contribution in [0.2, 0.25) is 0 Å². The molecule has 128 valence electrons. The first kappa shape index (κ1) is 16.5. The maximum atomic E-state index is 12.7. The smallest absolute Gasteiger partial charge is 0.219 e. The molecule has 0 aromatic heterocycles. The quantitative estimate of drug-likeness (QED) is 0.833. The van der Waals surface area contributed by atoms with Crippen molar-refractivity contribution in [1.82, 2.24) is 9.79 Å². The normalized spacial score (nSPS) is 25.5. The Morgan fingerprint density at radius 3 is 2.61 bits per heavy atom. The number of sulfonamides is 1. The highest BCUT2D eigenvalue weighted by Gasteiger charge is 2.46.